The van der Waals surface area contributed by atoms with Gasteiger partial charge in [0.05, 0.1) is 11.6 Å². The molecule has 2 aromatic carbocycles. The van der Waals surface area contributed by atoms with E-state index in [-0.39, 0.29) is 11.9 Å². The van der Waals surface area contributed by atoms with Crippen molar-refractivity contribution >= 4 is 11.0 Å². The topological polar surface area (TPSA) is 40.7 Å². The maximum atomic E-state index is 13.8. The molecule has 0 fully saturated rings. The van der Waals surface area contributed by atoms with E-state index in [9.17, 15) is 4.39 Å². The fourth-order valence-corrected chi connectivity index (χ4v) is 2.90. The summed E-state index contributed by atoms with van der Waals surface area (Å²) in [4.78, 5) is 7.68. The first-order valence-electron chi connectivity index (χ1n) is 6.78. The summed E-state index contributed by atoms with van der Waals surface area (Å²) in [6.45, 7) is 0.904. The molecular weight excluding hydrogens is 253 g/mol. The Morgan fingerprint density at radius 2 is 2.00 bits per heavy atom. The number of fused-ring (bicyclic) bond motifs is 2. The van der Waals surface area contributed by atoms with Gasteiger partial charge in [-0.3, -0.25) is 0 Å². The van der Waals surface area contributed by atoms with Crippen molar-refractivity contribution in [1.82, 2.24) is 15.3 Å². The van der Waals surface area contributed by atoms with Crippen LogP contribution in [-0.4, -0.2) is 16.5 Å². The van der Waals surface area contributed by atoms with Crippen molar-refractivity contribution in [3.8, 4) is 0 Å². The quantitative estimate of drug-likeness (QED) is 0.711. The summed E-state index contributed by atoms with van der Waals surface area (Å²) in [6.07, 6.45) is 1.02. The van der Waals surface area contributed by atoms with Gasteiger partial charge in [0, 0.05) is 6.54 Å². The van der Waals surface area contributed by atoms with Crippen molar-refractivity contribution in [1.29, 1.82) is 0 Å². The number of para-hydroxylation sites is 1. The number of rotatable bonds is 1. The molecular formula is C16H14FN3. The Morgan fingerprint density at radius 3 is 2.90 bits per heavy atom. The lowest BCUT2D eigenvalue weighted by molar-refractivity contribution is 0.548. The minimum atomic E-state index is -0.283. The van der Waals surface area contributed by atoms with Gasteiger partial charge in [0.25, 0.3) is 0 Å². The summed E-state index contributed by atoms with van der Waals surface area (Å²) in [6, 6.07) is 13.3. The fraction of sp³-hybridized carbons (Fsp3) is 0.188. The average Bonchev–Trinajstić information content (AvgIpc) is 2.92. The van der Waals surface area contributed by atoms with Crippen molar-refractivity contribution in [2.75, 3.05) is 6.54 Å². The van der Waals surface area contributed by atoms with Crippen LogP contribution in [0.25, 0.3) is 11.0 Å². The van der Waals surface area contributed by atoms with Gasteiger partial charge in [-0.25, -0.2) is 9.37 Å². The molecule has 1 aliphatic heterocycles. The number of hydrogen-bond acceptors (Lipinski definition) is 2. The molecule has 2 N–H and O–H groups in total. The first-order valence-corrected chi connectivity index (χ1v) is 6.78. The second-order valence-corrected chi connectivity index (χ2v) is 5.09. The van der Waals surface area contributed by atoms with Gasteiger partial charge in [0.2, 0.25) is 0 Å². The zero-order valence-corrected chi connectivity index (χ0v) is 10.9. The molecule has 0 saturated carbocycles. The molecule has 1 aromatic heterocycles. The highest BCUT2D eigenvalue weighted by Crippen LogP contribution is 2.28. The molecule has 0 spiro atoms. The van der Waals surface area contributed by atoms with E-state index in [2.05, 4.69) is 33.5 Å². The Kier molecular flexibility index (Phi) is 2.57. The minimum Gasteiger partial charge on any atom is -0.340 e. The van der Waals surface area contributed by atoms with Crippen LogP contribution >= 0.6 is 0 Å². The molecule has 0 radical (unpaired) electrons. The van der Waals surface area contributed by atoms with E-state index in [1.165, 1.54) is 17.2 Å². The maximum absolute atomic E-state index is 13.8. The third-order valence-corrected chi connectivity index (χ3v) is 3.86. The number of H-pyrrole nitrogens is 1. The minimum absolute atomic E-state index is 0.00625. The number of nitrogens with one attached hydrogen (secondary N) is 2. The van der Waals surface area contributed by atoms with E-state index in [4.69, 9.17) is 0 Å². The highest BCUT2D eigenvalue weighted by Gasteiger charge is 2.23. The Morgan fingerprint density at radius 1 is 1.10 bits per heavy atom. The third kappa shape index (κ3) is 1.72. The lowest BCUT2D eigenvalue weighted by Gasteiger charge is -2.25. The molecule has 3 nitrogen and oxygen atoms in total. The standard InChI is InChI=1S/C16H14FN3/c17-12-6-3-7-13-15(12)20-16(19-13)14-11-5-2-1-4-10(11)8-9-18-14/h1-7,14,18H,8-9H2,(H,19,20). The SMILES string of the molecule is Fc1cccc2[nH]c(C3NCCc4ccccc43)nc12. The van der Waals surface area contributed by atoms with Crippen molar-refractivity contribution in [2.24, 2.45) is 0 Å². The first kappa shape index (κ1) is 11.6. The number of nitrogens with zero attached hydrogens (tertiary/aromatic N) is 1. The maximum Gasteiger partial charge on any atom is 0.151 e. The number of imidazole rings is 1. The van der Waals surface area contributed by atoms with Crippen LogP contribution in [-0.2, 0) is 6.42 Å². The molecule has 0 bridgehead atoms. The number of halogens is 1. The second kappa shape index (κ2) is 4.42. The van der Waals surface area contributed by atoms with Crippen molar-refractivity contribution < 1.29 is 4.39 Å². The van der Waals surface area contributed by atoms with Crippen molar-refractivity contribution in [3.63, 3.8) is 0 Å². The van der Waals surface area contributed by atoms with Crippen LogP contribution < -0.4 is 5.32 Å². The van der Waals surface area contributed by atoms with Gasteiger partial charge in [0.15, 0.2) is 5.82 Å². The smallest absolute Gasteiger partial charge is 0.151 e. The molecule has 100 valence electrons. The Bertz CT molecular complexity index is 778. The van der Waals surface area contributed by atoms with Gasteiger partial charge < -0.3 is 10.3 Å². The summed E-state index contributed by atoms with van der Waals surface area (Å²) >= 11 is 0. The fourth-order valence-electron chi connectivity index (χ4n) is 2.90. The van der Waals surface area contributed by atoms with Crippen LogP contribution in [0.3, 0.4) is 0 Å². The van der Waals surface area contributed by atoms with E-state index in [0.29, 0.717) is 5.52 Å². The van der Waals surface area contributed by atoms with Crippen molar-refractivity contribution in [2.45, 2.75) is 12.5 Å². The van der Waals surface area contributed by atoms with E-state index < -0.39 is 0 Å². The molecule has 3 aromatic rings. The lowest BCUT2D eigenvalue weighted by Crippen LogP contribution is -2.31. The molecule has 2 heterocycles. The molecule has 1 aliphatic rings. The molecule has 0 amide bonds. The van der Waals surface area contributed by atoms with Gasteiger partial charge in [-0.05, 0) is 29.7 Å². The van der Waals surface area contributed by atoms with E-state index in [0.717, 1.165) is 24.3 Å². The third-order valence-electron chi connectivity index (χ3n) is 3.86. The van der Waals surface area contributed by atoms with Gasteiger partial charge in [-0.1, -0.05) is 30.3 Å². The van der Waals surface area contributed by atoms with Crippen LogP contribution in [0.5, 0.6) is 0 Å². The van der Waals surface area contributed by atoms with Gasteiger partial charge in [-0.2, -0.15) is 0 Å². The van der Waals surface area contributed by atoms with Gasteiger partial charge >= 0.3 is 0 Å². The summed E-state index contributed by atoms with van der Waals surface area (Å²) in [5.41, 5.74) is 3.70. The van der Waals surface area contributed by atoms with Crippen LogP contribution in [0.4, 0.5) is 4.39 Å². The summed E-state index contributed by atoms with van der Waals surface area (Å²) in [5.74, 6) is 0.492. The summed E-state index contributed by atoms with van der Waals surface area (Å²) in [5, 5.41) is 3.46. The average molecular weight is 267 g/mol. The first-order chi connectivity index (χ1) is 9.83. The van der Waals surface area contributed by atoms with Gasteiger partial charge in [-0.15, -0.1) is 0 Å². The van der Waals surface area contributed by atoms with E-state index in [1.54, 1.807) is 6.07 Å². The van der Waals surface area contributed by atoms with Crippen LogP contribution in [0, 0.1) is 5.82 Å². The molecule has 0 saturated heterocycles. The normalized spacial score (nSPS) is 18.1. The predicted octanol–water partition coefficient (Wildman–Crippen LogP) is 2.94. The molecule has 4 heteroatoms. The highest BCUT2D eigenvalue weighted by atomic mass is 19.1. The van der Waals surface area contributed by atoms with Crippen LogP contribution in [0.1, 0.15) is 23.0 Å². The highest BCUT2D eigenvalue weighted by molar-refractivity contribution is 5.75. The summed E-state index contributed by atoms with van der Waals surface area (Å²) < 4.78 is 13.8. The molecule has 4 rings (SSSR count). The summed E-state index contributed by atoms with van der Waals surface area (Å²) in [7, 11) is 0. The monoisotopic (exact) mass is 267 g/mol. The Balaban J connectivity index is 1.86. The zero-order valence-electron chi connectivity index (χ0n) is 10.9. The Hall–Kier alpha value is -2.20. The number of hydrogen-bond donors (Lipinski definition) is 2. The largest absolute Gasteiger partial charge is 0.340 e. The number of benzene rings is 2. The number of aromatic amines is 1. The molecule has 1 unspecified atom stereocenters. The molecule has 1 atom stereocenters. The predicted molar refractivity (Wildman–Crippen MR) is 76.0 cm³/mol. The van der Waals surface area contributed by atoms with Crippen LogP contribution in [0.15, 0.2) is 42.5 Å². The molecule has 20 heavy (non-hydrogen) atoms. The second-order valence-electron chi connectivity index (χ2n) is 5.09. The lowest BCUT2D eigenvalue weighted by atomic mass is 9.94. The number of aromatic nitrogens is 2. The van der Waals surface area contributed by atoms with Crippen molar-refractivity contribution in [3.05, 3.63) is 65.2 Å². The van der Waals surface area contributed by atoms with Gasteiger partial charge in [0.1, 0.15) is 11.3 Å². The van der Waals surface area contributed by atoms with E-state index >= 15 is 0 Å². The van der Waals surface area contributed by atoms with Crippen LogP contribution in [0.2, 0.25) is 0 Å². The zero-order chi connectivity index (χ0) is 13.5. The Labute approximate surface area is 115 Å². The van der Waals surface area contributed by atoms with E-state index in [1.807, 2.05) is 12.1 Å². The molecule has 0 aliphatic carbocycles.